The fourth-order valence-corrected chi connectivity index (χ4v) is 21.1. The standard InChI is InChI=1S/C53H60N2O11S6.C39H36N2O9S4.C7H12O2.Al.B.HN/c1-10-12-22-61-48(59)42(71-50(67)69-8)24-31(3)45(56)64-36-26-34(27-37(28-36)65-46(57)32(4)25-43(72-51(68)70-9)49(60)62-23-13-11-2)47(58)63-35-20-18-33-19-21-41-44(38(33)29-35)54-30-53(66-41)52(5,6)39-16-14-15-17-40(39)55(53)7;1-21(53-36(45)51-6)33(42)48-26-16-24(17-27(18-26)49-34(43)22(2)54-37(46)52-7)35(44)47-25-14-12-23-13-15-31-32(28(23)19-25)40-20-39(50-31)38(3,4)29-10-8-9-11-30(29)41(39)5;1-3-5-6-9-7(8)4-2;;;/h14-21,26-32,42-43H,10-13,22-25H2,1-9H3;8-22H,1-7H3;4H,2-3,5-6H2,1H3;;;1H. The molecule has 2 spiro atoms. The van der Waals surface area contributed by atoms with Gasteiger partial charge < -0.3 is 61.9 Å². The third-order valence-electron chi connectivity index (χ3n) is 22.5. The van der Waals surface area contributed by atoms with E-state index in [0.717, 1.165) is 130 Å². The van der Waals surface area contributed by atoms with E-state index in [4.69, 9.17) is 86.1 Å². The van der Waals surface area contributed by atoms with E-state index >= 15 is 0 Å². The molecule has 728 valence electrons. The summed E-state index contributed by atoms with van der Waals surface area (Å²) >= 11 is 20.9. The number of thioether (sulfide) groups is 8. The summed E-state index contributed by atoms with van der Waals surface area (Å²) in [4.78, 5) is 156. The van der Waals surface area contributed by atoms with Gasteiger partial charge in [0.15, 0.2) is 0 Å². The monoisotopic (exact) mass is 2080 g/mol. The Morgan fingerprint density at radius 2 is 0.790 bits per heavy atom. The molecule has 8 unspecified atom stereocenters. The molecule has 1 N–H and O–H groups in total. The summed E-state index contributed by atoms with van der Waals surface area (Å²) in [7, 11) is 3.98. The number of hydrogen-bond acceptors (Lipinski definition) is 37. The Morgan fingerprint density at radius 1 is 0.449 bits per heavy atom. The van der Waals surface area contributed by atoms with Crippen molar-refractivity contribution in [2.75, 3.05) is 68.7 Å². The van der Waals surface area contributed by atoms with Gasteiger partial charge in [-0.15, -0.1) is 23.5 Å². The third kappa shape index (κ3) is 28.3. The van der Waals surface area contributed by atoms with Gasteiger partial charge in [0.1, 0.15) is 85.4 Å². The number of benzene rings is 8. The Labute approximate surface area is 859 Å². The Kier molecular flexibility index (Phi) is 43.6. The van der Waals surface area contributed by atoms with Gasteiger partial charge in [0.2, 0.25) is 20.3 Å². The second kappa shape index (κ2) is 52.8. The second-order valence-electron chi connectivity index (χ2n) is 32.5. The molecule has 0 saturated carbocycles. The first-order chi connectivity index (χ1) is 65.3. The summed E-state index contributed by atoms with van der Waals surface area (Å²) in [6.07, 6.45) is 16.8. The summed E-state index contributed by atoms with van der Waals surface area (Å²) in [5.74, 6) is -6.60. The van der Waals surface area contributed by atoms with Crippen LogP contribution in [0.4, 0.5) is 32.3 Å². The number of thiocarbonyl (C=S) groups is 2. The first kappa shape index (κ1) is 114. The van der Waals surface area contributed by atoms with Crippen molar-refractivity contribution < 1.29 is 105 Å². The molecule has 27 nitrogen and oxygen atoms in total. The van der Waals surface area contributed by atoms with Crippen molar-refractivity contribution in [3.63, 3.8) is 0 Å². The average Bonchev–Trinajstić information content (AvgIpc) is 1.54. The van der Waals surface area contributed by atoms with Crippen LogP contribution in [0.2, 0.25) is 0 Å². The molecular formula is C99H109AlBN5O22S10. The molecule has 39 heteroatoms. The van der Waals surface area contributed by atoms with E-state index in [9.17, 15) is 52.7 Å². The van der Waals surface area contributed by atoms with E-state index in [1.807, 2.05) is 102 Å². The minimum absolute atomic E-state index is 0. The maximum atomic E-state index is 14.2. The quantitative estimate of drug-likeness (QED) is 0.00778. The number of unbranched alkanes of at least 4 members (excludes halogenated alkanes) is 3. The van der Waals surface area contributed by atoms with Crippen LogP contribution in [0.5, 0.6) is 46.0 Å². The van der Waals surface area contributed by atoms with Gasteiger partial charge in [-0.05, 0) is 193 Å². The van der Waals surface area contributed by atoms with Crippen LogP contribution in [0.25, 0.3) is 21.5 Å². The number of fused-ring (bicyclic) bond motifs is 8. The van der Waals surface area contributed by atoms with Gasteiger partial charge in [-0.2, -0.15) is 0 Å². The molecule has 0 aliphatic carbocycles. The summed E-state index contributed by atoms with van der Waals surface area (Å²) in [6.45, 7) is 25.1. The average molecular weight is 2080 g/mol. The normalized spacial score (nSPS) is 16.3. The number of ether oxygens (including phenoxy) is 11. The van der Waals surface area contributed by atoms with Gasteiger partial charge in [0.25, 0.3) is 0 Å². The number of anilines is 2. The van der Waals surface area contributed by atoms with Crippen LogP contribution >= 0.6 is 119 Å². The molecule has 8 aromatic rings. The predicted molar refractivity (Wildman–Crippen MR) is 569 cm³/mol. The van der Waals surface area contributed by atoms with Crippen molar-refractivity contribution in [3.05, 3.63) is 181 Å². The number of likely N-dealkylation sites (N-methyl/N-ethyl adjacent to an activating group) is 2. The molecule has 4 heterocycles. The Morgan fingerprint density at radius 3 is 1.12 bits per heavy atom. The van der Waals surface area contributed by atoms with Crippen LogP contribution in [-0.4, -0.2) is 198 Å². The van der Waals surface area contributed by atoms with Gasteiger partial charge >= 0.3 is 74.2 Å². The van der Waals surface area contributed by atoms with Crippen molar-refractivity contribution in [1.29, 1.82) is 4.35 Å². The van der Waals surface area contributed by atoms with Crippen LogP contribution in [0.3, 0.4) is 0 Å². The van der Waals surface area contributed by atoms with Crippen molar-refractivity contribution in [2.24, 2.45) is 21.8 Å². The Balaban J connectivity index is 0.000000312. The first-order valence-corrected chi connectivity index (χ1v) is 53.4. The summed E-state index contributed by atoms with van der Waals surface area (Å²) in [5, 5.41) is -0.244. The molecular weight excluding hydrogens is 1970 g/mol. The van der Waals surface area contributed by atoms with Gasteiger partial charge in [-0.1, -0.05) is 216 Å². The number of carbonyl (C=O) groups excluding carboxylic acids is 11. The topological polar surface area (TPSA) is 344 Å². The van der Waals surface area contributed by atoms with E-state index in [0.29, 0.717) is 60.2 Å². The molecule has 8 atom stereocenters. The molecule has 0 aromatic heterocycles. The fourth-order valence-electron chi connectivity index (χ4n) is 14.8. The van der Waals surface area contributed by atoms with Gasteiger partial charge in [0.05, 0.1) is 66.0 Å². The summed E-state index contributed by atoms with van der Waals surface area (Å²) in [6, 6.07) is 42.0. The molecule has 4 aliphatic rings. The van der Waals surface area contributed by atoms with Crippen LogP contribution in [0.15, 0.2) is 168 Å². The van der Waals surface area contributed by atoms with Crippen molar-refractivity contribution in [2.45, 2.75) is 171 Å². The van der Waals surface area contributed by atoms with E-state index in [2.05, 4.69) is 73.1 Å². The summed E-state index contributed by atoms with van der Waals surface area (Å²) < 4.78 is 70.0. The Hall–Kier alpha value is -9.49. The number of para-hydroxylation sites is 2. The van der Waals surface area contributed by atoms with E-state index < -0.39 is 103 Å². The minimum atomic E-state index is -0.905. The van der Waals surface area contributed by atoms with E-state index in [1.165, 1.54) is 79.8 Å². The first-order valence-electron chi connectivity index (χ1n) is 43.6. The molecule has 0 amide bonds. The fraction of sp³-hybridized carbons (Fsp3) is 0.384. The number of rotatable bonds is 32. The molecule has 4 radical (unpaired) electrons. The molecule has 0 fully saturated rings. The molecule has 8 aromatic carbocycles. The molecule has 12 rings (SSSR count). The molecule has 0 bridgehead atoms. The number of carbonyl (C=O) groups is 11. The zero-order chi connectivity index (χ0) is 100. The molecule has 138 heavy (non-hydrogen) atoms. The number of aliphatic imine (C=N–C) groups is 2. The van der Waals surface area contributed by atoms with Crippen molar-refractivity contribution in [3.8, 4) is 46.0 Å². The zero-order valence-corrected chi connectivity index (χ0v) is 88.9. The van der Waals surface area contributed by atoms with Crippen molar-refractivity contribution >= 4 is 269 Å². The van der Waals surface area contributed by atoms with E-state index in [1.54, 1.807) is 85.3 Å². The third-order valence-corrected chi connectivity index (χ3v) is 31.8. The zero-order valence-electron chi connectivity index (χ0n) is 79.5. The van der Waals surface area contributed by atoms with Gasteiger partial charge in [0, 0.05) is 62.9 Å². The van der Waals surface area contributed by atoms with Crippen LogP contribution < -0.4 is 47.7 Å². The number of nitrogens with one attached hydrogen (secondary N) is 1. The number of esters is 9. The molecule has 4 aliphatic heterocycles. The number of hydrogen-bond donors (Lipinski definition) is 1. The van der Waals surface area contributed by atoms with Crippen LogP contribution in [0, 0.1) is 16.2 Å². The predicted octanol–water partition coefficient (Wildman–Crippen LogP) is 22.7. The SMILES string of the molecule is C=CC(=O)OCCCC.CCCCOC(=O)C(CC(C)C(=O)Oc1cc(OC(=O)C(C)CC(SC(=S)SC)C(=O)OCCCC)cc(C(=O)Oc2ccc3ccc4c(c3c2)N=CC2(O4)N(C)c3ccccc3C2(C)C)c1)SC(=S)SC.CSC(=O)SC(C)C(=O)Oc1cc(OC(=O)C(C)SC(=O)SC)cc(C(=O)Oc2ccc3ccc4c(c3c2)N=CC2(O4)N(C)c3ccccc3C2(C)C)c1.[B].[NH]=[Al]. The van der Waals surface area contributed by atoms with Crippen LogP contribution in [0.1, 0.15) is 159 Å². The second-order valence-corrected chi connectivity index (χ2v) is 43.7. The number of nitrogens with zero attached hydrogens (tertiary/aromatic N) is 4. The maximum absolute atomic E-state index is 14.2. The van der Waals surface area contributed by atoms with Crippen molar-refractivity contribution in [1.82, 2.24) is 0 Å². The van der Waals surface area contributed by atoms with Gasteiger partial charge in [-0.25, -0.2) is 14.4 Å². The Bertz CT molecular complexity index is 5790. The van der Waals surface area contributed by atoms with Crippen LogP contribution in [-0.2, 0) is 58.6 Å². The van der Waals surface area contributed by atoms with Gasteiger partial charge in [-0.3, -0.25) is 48.3 Å². The summed E-state index contributed by atoms with van der Waals surface area (Å²) in [5.41, 5.74) is 2.66. The van der Waals surface area contributed by atoms with E-state index in [-0.39, 0.29) is 95.0 Å². The molecule has 0 saturated heterocycles.